The van der Waals surface area contributed by atoms with Gasteiger partial charge in [-0.15, -0.1) is 23.1 Å². The van der Waals surface area contributed by atoms with Gasteiger partial charge in [0.15, 0.2) is 0 Å². The number of nitrogens with one attached hydrogen (secondary N) is 1. The van der Waals surface area contributed by atoms with E-state index in [0.717, 1.165) is 28.4 Å². The molecule has 0 amide bonds. The Morgan fingerprint density at radius 2 is 2.21 bits per heavy atom. The van der Waals surface area contributed by atoms with Crippen molar-refractivity contribution in [3.05, 3.63) is 10.7 Å². The van der Waals surface area contributed by atoms with E-state index in [1.807, 2.05) is 6.26 Å². The number of carboxylic acid groups (broad SMARTS) is 1. The van der Waals surface area contributed by atoms with Crippen LogP contribution in [0.4, 0.5) is 5.82 Å². The lowest BCUT2D eigenvalue weighted by Gasteiger charge is -2.07. The van der Waals surface area contributed by atoms with Crippen molar-refractivity contribution in [1.82, 2.24) is 9.97 Å². The monoisotopic (exact) mass is 297 g/mol. The van der Waals surface area contributed by atoms with Gasteiger partial charge in [0, 0.05) is 6.54 Å². The molecule has 0 aliphatic rings. The van der Waals surface area contributed by atoms with Gasteiger partial charge in [0.1, 0.15) is 22.0 Å². The number of aryl methyl sites for hydroxylation is 1. The average Bonchev–Trinajstić information content (AvgIpc) is 2.74. The third-order valence-electron chi connectivity index (χ3n) is 2.56. The van der Waals surface area contributed by atoms with Crippen LogP contribution in [-0.2, 0) is 0 Å². The van der Waals surface area contributed by atoms with Crippen molar-refractivity contribution in [3.63, 3.8) is 0 Å². The SMILES string of the molecule is CCCNc1nc(C)nc2c(C(=O)O)sc(SC)c12. The van der Waals surface area contributed by atoms with Gasteiger partial charge < -0.3 is 10.4 Å². The molecule has 2 N–H and O–H groups in total. The minimum absolute atomic E-state index is 0.282. The summed E-state index contributed by atoms with van der Waals surface area (Å²) in [5, 5.41) is 13.4. The third-order valence-corrected chi connectivity index (χ3v) is 4.84. The minimum Gasteiger partial charge on any atom is -0.477 e. The maximum atomic E-state index is 11.3. The van der Waals surface area contributed by atoms with Gasteiger partial charge in [0.05, 0.1) is 9.60 Å². The van der Waals surface area contributed by atoms with Crippen molar-refractivity contribution in [2.45, 2.75) is 24.5 Å². The van der Waals surface area contributed by atoms with Gasteiger partial charge >= 0.3 is 5.97 Å². The molecule has 0 fully saturated rings. The molecule has 0 aliphatic heterocycles. The Morgan fingerprint density at radius 1 is 1.47 bits per heavy atom. The largest absolute Gasteiger partial charge is 0.477 e. The molecule has 0 radical (unpaired) electrons. The molecule has 0 atom stereocenters. The lowest BCUT2D eigenvalue weighted by molar-refractivity contribution is 0.0704. The third kappa shape index (κ3) is 2.66. The lowest BCUT2D eigenvalue weighted by Crippen LogP contribution is -2.05. The summed E-state index contributed by atoms with van der Waals surface area (Å²) in [5.41, 5.74) is 0.535. The van der Waals surface area contributed by atoms with Crippen molar-refractivity contribution < 1.29 is 9.90 Å². The second kappa shape index (κ2) is 5.75. The van der Waals surface area contributed by atoms with E-state index in [1.54, 1.807) is 6.92 Å². The molecule has 0 saturated heterocycles. The number of anilines is 1. The van der Waals surface area contributed by atoms with Crippen LogP contribution in [0.2, 0.25) is 0 Å². The molecule has 0 saturated carbocycles. The predicted octanol–water partition coefficient (Wildman–Crippen LogP) is 3.24. The number of fused-ring (bicyclic) bond motifs is 1. The number of hydrogen-bond donors (Lipinski definition) is 2. The Kier molecular flexibility index (Phi) is 4.26. The summed E-state index contributed by atoms with van der Waals surface area (Å²) in [7, 11) is 0. The van der Waals surface area contributed by atoms with Gasteiger partial charge in [-0.3, -0.25) is 0 Å². The van der Waals surface area contributed by atoms with Gasteiger partial charge in [-0.1, -0.05) is 6.92 Å². The standard InChI is InChI=1S/C12H15N3O2S2/c1-4-5-13-10-7-8(14-6(2)15-10)9(11(16)17)19-12(7)18-3/h4-5H2,1-3H3,(H,16,17)(H,13,14,15). The summed E-state index contributed by atoms with van der Waals surface area (Å²) >= 11 is 2.78. The zero-order chi connectivity index (χ0) is 14.0. The molecule has 2 rings (SSSR count). The highest BCUT2D eigenvalue weighted by atomic mass is 32.2. The number of rotatable bonds is 5. The fourth-order valence-corrected chi connectivity index (χ4v) is 3.58. The molecule has 102 valence electrons. The first-order chi connectivity index (χ1) is 9.08. The van der Waals surface area contributed by atoms with Gasteiger partial charge in [-0.05, 0) is 19.6 Å². The highest BCUT2D eigenvalue weighted by molar-refractivity contribution is 8.00. The molecular formula is C12H15N3O2S2. The molecule has 0 aliphatic carbocycles. The second-order valence-electron chi connectivity index (χ2n) is 4.00. The molecule has 0 spiro atoms. The Balaban J connectivity index is 2.70. The number of thiophene rings is 1. The van der Waals surface area contributed by atoms with E-state index in [4.69, 9.17) is 0 Å². The van der Waals surface area contributed by atoms with E-state index in [9.17, 15) is 9.90 Å². The summed E-state index contributed by atoms with van der Waals surface area (Å²) in [4.78, 5) is 20.3. The van der Waals surface area contributed by atoms with Crippen molar-refractivity contribution >= 4 is 45.8 Å². The molecular weight excluding hydrogens is 282 g/mol. The van der Waals surface area contributed by atoms with Crippen LogP contribution in [0.3, 0.4) is 0 Å². The summed E-state index contributed by atoms with van der Waals surface area (Å²) in [6.07, 6.45) is 2.91. The van der Waals surface area contributed by atoms with Crippen LogP contribution in [0.1, 0.15) is 28.8 Å². The van der Waals surface area contributed by atoms with Crippen LogP contribution < -0.4 is 5.32 Å². The normalized spacial score (nSPS) is 10.9. The predicted molar refractivity (Wildman–Crippen MR) is 79.7 cm³/mol. The number of aromatic carboxylic acids is 1. The van der Waals surface area contributed by atoms with E-state index < -0.39 is 5.97 Å². The molecule has 2 aromatic rings. The summed E-state index contributed by atoms with van der Waals surface area (Å²) < 4.78 is 0.936. The number of thioether (sulfide) groups is 1. The van der Waals surface area contributed by atoms with E-state index in [2.05, 4.69) is 22.2 Å². The van der Waals surface area contributed by atoms with Crippen molar-refractivity contribution in [1.29, 1.82) is 0 Å². The highest BCUT2D eigenvalue weighted by Gasteiger charge is 2.21. The van der Waals surface area contributed by atoms with E-state index >= 15 is 0 Å². The summed E-state index contributed by atoms with van der Waals surface area (Å²) in [6, 6.07) is 0. The first-order valence-electron chi connectivity index (χ1n) is 5.90. The van der Waals surface area contributed by atoms with Gasteiger partial charge in [-0.2, -0.15) is 0 Å². The maximum absolute atomic E-state index is 11.3. The second-order valence-corrected chi connectivity index (χ2v) is 6.09. The number of carbonyl (C=O) groups is 1. The van der Waals surface area contributed by atoms with Gasteiger partial charge in [0.25, 0.3) is 0 Å². The summed E-state index contributed by atoms with van der Waals surface area (Å²) in [6.45, 7) is 4.65. The maximum Gasteiger partial charge on any atom is 0.348 e. The van der Waals surface area contributed by atoms with Crippen molar-refractivity contribution in [3.8, 4) is 0 Å². The van der Waals surface area contributed by atoms with Crippen molar-refractivity contribution in [2.75, 3.05) is 18.1 Å². The zero-order valence-corrected chi connectivity index (χ0v) is 12.6. The van der Waals surface area contributed by atoms with Crippen molar-refractivity contribution in [2.24, 2.45) is 0 Å². The molecule has 0 unspecified atom stereocenters. The zero-order valence-electron chi connectivity index (χ0n) is 11.0. The molecule has 2 heterocycles. The van der Waals surface area contributed by atoms with Gasteiger partial charge in [0.2, 0.25) is 0 Å². The molecule has 19 heavy (non-hydrogen) atoms. The Bertz CT molecular complexity index is 625. The number of aromatic nitrogens is 2. The minimum atomic E-state index is -0.935. The Morgan fingerprint density at radius 3 is 2.79 bits per heavy atom. The highest BCUT2D eigenvalue weighted by Crippen LogP contribution is 2.39. The fraction of sp³-hybridized carbons (Fsp3) is 0.417. The number of hydrogen-bond acceptors (Lipinski definition) is 6. The van der Waals surface area contributed by atoms with Gasteiger partial charge in [-0.25, -0.2) is 14.8 Å². The van der Waals surface area contributed by atoms with Crippen LogP contribution >= 0.6 is 23.1 Å². The van der Waals surface area contributed by atoms with Crippen LogP contribution in [0, 0.1) is 6.92 Å². The first-order valence-corrected chi connectivity index (χ1v) is 7.94. The summed E-state index contributed by atoms with van der Waals surface area (Å²) in [5.74, 6) is 0.381. The fourth-order valence-electron chi connectivity index (χ4n) is 1.78. The smallest absolute Gasteiger partial charge is 0.348 e. The Labute approximate surface area is 119 Å². The molecule has 7 heteroatoms. The van der Waals surface area contributed by atoms with Crippen LogP contribution in [0.5, 0.6) is 0 Å². The number of nitrogens with zero attached hydrogens (tertiary/aromatic N) is 2. The molecule has 5 nitrogen and oxygen atoms in total. The molecule has 0 bridgehead atoms. The molecule has 2 aromatic heterocycles. The van der Waals surface area contributed by atoms with E-state index in [0.29, 0.717) is 11.3 Å². The Hall–Kier alpha value is -1.34. The topological polar surface area (TPSA) is 75.1 Å². The van der Waals surface area contributed by atoms with Crippen LogP contribution in [-0.4, -0.2) is 33.8 Å². The number of carboxylic acids is 1. The van der Waals surface area contributed by atoms with Crippen LogP contribution in [0.25, 0.3) is 10.9 Å². The van der Waals surface area contributed by atoms with E-state index in [-0.39, 0.29) is 4.88 Å². The first kappa shape index (κ1) is 14.1. The lowest BCUT2D eigenvalue weighted by atomic mass is 10.3. The van der Waals surface area contributed by atoms with E-state index in [1.165, 1.54) is 23.1 Å². The van der Waals surface area contributed by atoms with Crippen LogP contribution in [0.15, 0.2) is 4.21 Å². The molecule has 0 aromatic carbocycles. The average molecular weight is 297 g/mol. The quantitative estimate of drug-likeness (QED) is 0.825.